The van der Waals surface area contributed by atoms with Gasteiger partial charge in [-0.15, -0.1) is 0 Å². The summed E-state index contributed by atoms with van der Waals surface area (Å²) in [6, 6.07) is 8.42. The Kier molecular flexibility index (Phi) is 5.73. The summed E-state index contributed by atoms with van der Waals surface area (Å²) in [5.74, 6) is -0.228. The quantitative estimate of drug-likeness (QED) is 0.833. The van der Waals surface area contributed by atoms with Crippen LogP contribution in [0, 0.1) is 17.2 Å². The van der Waals surface area contributed by atoms with Crippen LogP contribution in [0.4, 0.5) is 4.79 Å². The lowest BCUT2D eigenvalue weighted by Gasteiger charge is -2.19. The zero-order valence-corrected chi connectivity index (χ0v) is 11.6. The first-order valence-corrected chi connectivity index (χ1v) is 6.45. The summed E-state index contributed by atoms with van der Waals surface area (Å²) < 4.78 is 0. The number of nitrogens with one attached hydrogen (secondary N) is 1. The molecule has 106 valence electrons. The van der Waals surface area contributed by atoms with Crippen molar-refractivity contribution in [2.45, 2.75) is 32.7 Å². The van der Waals surface area contributed by atoms with Crippen molar-refractivity contribution in [3.63, 3.8) is 0 Å². The molecule has 0 heterocycles. The summed E-state index contributed by atoms with van der Waals surface area (Å²) >= 11 is 0. The highest BCUT2D eigenvalue weighted by Gasteiger charge is 2.23. The van der Waals surface area contributed by atoms with Crippen molar-refractivity contribution < 1.29 is 14.7 Å². The smallest absolute Gasteiger partial charge is 0.405 e. The SMILES string of the molecule is CC(C)[C@@H](NC(=O)O)C(=O)CCc1cccc(C#N)c1. The molecule has 2 N–H and O–H groups in total. The average molecular weight is 274 g/mol. The van der Waals surface area contributed by atoms with Gasteiger partial charge in [0, 0.05) is 6.42 Å². The van der Waals surface area contributed by atoms with Gasteiger partial charge < -0.3 is 10.4 Å². The lowest BCUT2D eigenvalue weighted by Crippen LogP contribution is -2.43. The molecule has 5 heteroatoms. The number of carboxylic acid groups (broad SMARTS) is 1. The molecule has 0 radical (unpaired) electrons. The fourth-order valence-electron chi connectivity index (χ4n) is 1.97. The van der Waals surface area contributed by atoms with Gasteiger partial charge in [-0.25, -0.2) is 4.79 Å². The Labute approximate surface area is 118 Å². The van der Waals surface area contributed by atoms with E-state index in [0.717, 1.165) is 5.56 Å². The number of hydrogen-bond donors (Lipinski definition) is 2. The predicted octanol–water partition coefficient (Wildman–Crippen LogP) is 2.35. The summed E-state index contributed by atoms with van der Waals surface area (Å²) in [5, 5.41) is 19.8. The average Bonchev–Trinajstić information content (AvgIpc) is 2.42. The molecule has 0 saturated heterocycles. The van der Waals surface area contributed by atoms with E-state index in [4.69, 9.17) is 10.4 Å². The molecule has 0 aliphatic rings. The van der Waals surface area contributed by atoms with E-state index in [1.807, 2.05) is 12.1 Å². The molecule has 1 rings (SSSR count). The van der Waals surface area contributed by atoms with E-state index in [9.17, 15) is 9.59 Å². The van der Waals surface area contributed by atoms with Crippen LogP contribution in [-0.4, -0.2) is 23.0 Å². The van der Waals surface area contributed by atoms with E-state index >= 15 is 0 Å². The number of aryl methyl sites for hydroxylation is 1. The van der Waals surface area contributed by atoms with E-state index in [1.54, 1.807) is 32.0 Å². The van der Waals surface area contributed by atoms with Gasteiger partial charge in [-0.1, -0.05) is 26.0 Å². The minimum Gasteiger partial charge on any atom is -0.465 e. The Morgan fingerprint density at radius 1 is 1.40 bits per heavy atom. The van der Waals surface area contributed by atoms with Crippen LogP contribution in [0.25, 0.3) is 0 Å². The van der Waals surface area contributed by atoms with Crippen molar-refractivity contribution in [2.75, 3.05) is 0 Å². The largest absolute Gasteiger partial charge is 0.465 e. The first-order valence-electron chi connectivity index (χ1n) is 6.45. The third-order valence-corrected chi connectivity index (χ3v) is 3.01. The van der Waals surface area contributed by atoms with Crippen LogP contribution in [0.3, 0.4) is 0 Å². The minimum atomic E-state index is -1.19. The number of nitrogens with zero attached hydrogens (tertiary/aromatic N) is 1. The number of hydrogen-bond acceptors (Lipinski definition) is 3. The number of Topliss-reactive ketones (excluding diaryl/α,β-unsaturated/α-hetero) is 1. The third kappa shape index (κ3) is 4.73. The van der Waals surface area contributed by atoms with Crippen molar-refractivity contribution >= 4 is 11.9 Å². The summed E-state index contributed by atoms with van der Waals surface area (Å²) in [4.78, 5) is 22.7. The standard InChI is InChI=1S/C15H18N2O3/c1-10(2)14(17-15(19)20)13(18)7-6-11-4-3-5-12(8-11)9-16/h3-5,8,10,14,17H,6-7H2,1-2H3,(H,19,20)/t14-/m1/s1. The van der Waals surface area contributed by atoms with Gasteiger partial charge in [0.2, 0.25) is 0 Å². The Morgan fingerprint density at radius 2 is 2.10 bits per heavy atom. The highest BCUT2D eigenvalue weighted by atomic mass is 16.4. The molecular weight excluding hydrogens is 256 g/mol. The second kappa shape index (κ2) is 7.29. The lowest BCUT2D eigenvalue weighted by molar-refractivity contribution is -0.121. The molecule has 20 heavy (non-hydrogen) atoms. The summed E-state index contributed by atoms with van der Waals surface area (Å²) in [7, 11) is 0. The van der Waals surface area contributed by atoms with Crippen LogP contribution in [0.5, 0.6) is 0 Å². The highest BCUT2D eigenvalue weighted by molar-refractivity contribution is 5.87. The second-order valence-electron chi connectivity index (χ2n) is 4.95. The number of nitriles is 1. The van der Waals surface area contributed by atoms with Gasteiger partial charge in [0.25, 0.3) is 0 Å². The minimum absolute atomic E-state index is 0.0935. The zero-order valence-electron chi connectivity index (χ0n) is 11.6. The monoisotopic (exact) mass is 274 g/mol. The molecule has 1 amide bonds. The van der Waals surface area contributed by atoms with Crippen LogP contribution < -0.4 is 5.32 Å². The maximum absolute atomic E-state index is 12.1. The molecule has 0 saturated carbocycles. The fraction of sp³-hybridized carbons (Fsp3) is 0.400. The molecule has 0 bridgehead atoms. The molecule has 1 aromatic carbocycles. The number of carbonyl (C=O) groups excluding carboxylic acids is 1. The molecule has 0 aromatic heterocycles. The first-order chi connectivity index (χ1) is 9.43. The lowest BCUT2D eigenvalue weighted by atomic mass is 9.95. The number of ketones is 1. The summed E-state index contributed by atoms with van der Waals surface area (Å²) in [6.07, 6.45) is -0.444. The summed E-state index contributed by atoms with van der Waals surface area (Å²) in [5.41, 5.74) is 1.45. The van der Waals surface area contributed by atoms with Crippen LogP contribution in [0.2, 0.25) is 0 Å². The van der Waals surface area contributed by atoms with Gasteiger partial charge in [-0.2, -0.15) is 5.26 Å². The maximum atomic E-state index is 12.1. The van der Waals surface area contributed by atoms with E-state index in [1.165, 1.54) is 0 Å². The van der Waals surface area contributed by atoms with Crippen LogP contribution >= 0.6 is 0 Å². The normalized spacial score (nSPS) is 11.7. The molecule has 0 fully saturated rings. The highest BCUT2D eigenvalue weighted by Crippen LogP contribution is 2.11. The third-order valence-electron chi connectivity index (χ3n) is 3.01. The molecule has 0 aliphatic carbocycles. The Balaban J connectivity index is 2.65. The number of carbonyl (C=O) groups is 2. The molecule has 0 unspecified atom stereocenters. The van der Waals surface area contributed by atoms with E-state index in [-0.39, 0.29) is 18.1 Å². The van der Waals surface area contributed by atoms with Crippen LogP contribution in [0.15, 0.2) is 24.3 Å². The van der Waals surface area contributed by atoms with Crippen molar-refractivity contribution in [3.05, 3.63) is 35.4 Å². The maximum Gasteiger partial charge on any atom is 0.405 e. The van der Waals surface area contributed by atoms with Crippen molar-refractivity contribution in [2.24, 2.45) is 5.92 Å². The molecule has 1 aromatic rings. The number of amides is 1. The Bertz CT molecular complexity index is 532. The predicted molar refractivity (Wildman–Crippen MR) is 74.3 cm³/mol. The Hall–Kier alpha value is -2.35. The second-order valence-corrected chi connectivity index (χ2v) is 4.95. The topological polar surface area (TPSA) is 90.2 Å². The molecule has 1 atom stereocenters. The summed E-state index contributed by atoms with van der Waals surface area (Å²) in [6.45, 7) is 3.60. The van der Waals surface area contributed by atoms with Crippen LogP contribution in [-0.2, 0) is 11.2 Å². The molecule has 5 nitrogen and oxygen atoms in total. The van der Waals surface area contributed by atoms with Crippen molar-refractivity contribution in [1.82, 2.24) is 5.32 Å². The van der Waals surface area contributed by atoms with Crippen molar-refractivity contribution in [3.8, 4) is 6.07 Å². The van der Waals surface area contributed by atoms with E-state index in [2.05, 4.69) is 5.32 Å². The number of rotatable bonds is 6. The zero-order chi connectivity index (χ0) is 15.1. The van der Waals surface area contributed by atoms with Gasteiger partial charge in [0.05, 0.1) is 17.7 Å². The fourth-order valence-corrected chi connectivity index (χ4v) is 1.97. The van der Waals surface area contributed by atoms with Crippen molar-refractivity contribution in [1.29, 1.82) is 5.26 Å². The molecular formula is C15H18N2O3. The first kappa shape index (κ1) is 15.7. The van der Waals surface area contributed by atoms with Crippen LogP contribution in [0.1, 0.15) is 31.4 Å². The number of benzene rings is 1. The Morgan fingerprint density at radius 3 is 2.65 bits per heavy atom. The van der Waals surface area contributed by atoms with Gasteiger partial charge in [0.1, 0.15) is 0 Å². The molecule has 0 aliphatic heterocycles. The molecule has 0 spiro atoms. The van der Waals surface area contributed by atoms with E-state index < -0.39 is 12.1 Å². The van der Waals surface area contributed by atoms with E-state index in [0.29, 0.717) is 12.0 Å². The van der Waals surface area contributed by atoms with Gasteiger partial charge in [0.15, 0.2) is 5.78 Å². The van der Waals surface area contributed by atoms with Gasteiger partial charge in [-0.05, 0) is 30.0 Å². The van der Waals surface area contributed by atoms with Gasteiger partial charge in [-0.3, -0.25) is 4.79 Å². The van der Waals surface area contributed by atoms with Gasteiger partial charge >= 0.3 is 6.09 Å².